The van der Waals surface area contributed by atoms with E-state index in [-0.39, 0.29) is 28.2 Å². The molecule has 1 aliphatic heterocycles. The highest BCUT2D eigenvalue weighted by Gasteiger charge is 2.24. The van der Waals surface area contributed by atoms with Gasteiger partial charge in [-0.05, 0) is 0 Å². The minimum absolute atomic E-state index is 0.0213. The molecule has 3 rings (SSSR count). The Labute approximate surface area is 149 Å². The monoisotopic (exact) mass is 350 g/mol. The molecule has 0 spiro atoms. The summed E-state index contributed by atoms with van der Waals surface area (Å²) in [5.41, 5.74) is 6.73. The molecule has 2 aromatic rings. The number of morpholine rings is 1. The van der Waals surface area contributed by atoms with Gasteiger partial charge in [0.1, 0.15) is 29.1 Å². The molecule has 2 N–H and O–H groups in total. The van der Waals surface area contributed by atoms with Crippen LogP contribution in [-0.2, 0) is 4.74 Å². The number of hydrogen-bond donors (Lipinski definition) is 1. The third-order valence-electron chi connectivity index (χ3n) is 4.08. The van der Waals surface area contributed by atoms with Crippen LogP contribution in [0.2, 0.25) is 0 Å². The van der Waals surface area contributed by atoms with Crippen molar-refractivity contribution in [3.63, 3.8) is 0 Å². The number of ether oxygens (including phenoxy) is 1. The lowest BCUT2D eigenvalue weighted by Crippen LogP contribution is -2.37. The molecule has 0 atom stereocenters. The van der Waals surface area contributed by atoms with Gasteiger partial charge in [-0.3, -0.25) is 10.1 Å². The summed E-state index contributed by atoms with van der Waals surface area (Å²) in [5.74, 6) is 0.355. The zero-order valence-corrected chi connectivity index (χ0v) is 13.7. The summed E-state index contributed by atoms with van der Waals surface area (Å²) in [5, 5.41) is 30.1. The maximum Gasteiger partial charge on any atom is 0.270 e. The molecule has 1 aliphatic rings. The summed E-state index contributed by atoms with van der Waals surface area (Å²) in [6.45, 7) is 2.03. The van der Waals surface area contributed by atoms with Crippen molar-refractivity contribution in [2.45, 2.75) is 0 Å². The minimum atomic E-state index is -0.522. The fraction of sp³-hybridized carbons (Fsp3) is 0.235. The Balaban J connectivity index is 2.23. The van der Waals surface area contributed by atoms with Crippen molar-refractivity contribution < 1.29 is 9.66 Å². The molecule has 26 heavy (non-hydrogen) atoms. The van der Waals surface area contributed by atoms with E-state index in [1.807, 2.05) is 17.0 Å². The fourth-order valence-electron chi connectivity index (χ4n) is 2.79. The van der Waals surface area contributed by atoms with Crippen LogP contribution in [0.15, 0.2) is 24.3 Å². The average Bonchev–Trinajstić information content (AvgIpc) is 2.68. The van der Waals surface area contributed by atoms with Gasteiger partial charge in [0.05, 0.1) is 29.5 Å². The lowest BCUT2D eigenvalue weighted by molar-refractivity contribution is -0.384. The fourth-order valence-corrected chi connectivity index (χ4v) is 2.79. The molecule has 9 nitrogen and oxygen atoms in total. The quantitative estimate of drug-likeness (QED) is 0.652. The van der Waals surface area contributed by atoms with Crippen molar-refractivity contribution in [3.05, 3.63) is 45.5 Å². The highest BCUT2D eigenvalue weighted by Crippen LogP contribution is 2.34. The molecule has 1 saturated heterocycles. The van der Waals surface area contributed by atoms with Crippen LogP contribution >= 0.6 is 0 Å². The Morgan fingerprint density at radius 1 is 1.23 bits per heavy atom. The highest BCUT2D eigenvalue weighted by atomic mass is 16.6. The number of non-ortho nitro benzene ring substituents is 1. The van der Waals surface area contributed by atoms with E-state index in [0.717, 1.165) is 0 Å². The number of nitrogen functional groups attached to an aromatic ring is 1. The van der Waals surface area contributed by atoms with Crippen molar-refractivity contribution >= 4 is 17.2 Å². The number of rotatable bonds is 3. The van der Waals surface area contributed by atoms with Crippen molar-refractivity contribution in [1.29, 1.82) is 10.5 Å². The second-order valence-electron chi connectivity index (χ2n) is 5.58. The predicted octanol–water partition coefficient (Wildman–Crippen LogP) is 1.82. The number of nitro groups is 1. The van der Waals surface area contributed by atoms with Crippen LogP contribution in [0.1, 0.15) is 11.1 Å². The maximum atomic E-state index is 11.1. The predicted molar refractivity (Wildman–Crippen MR) is 93.2 cm³/mol. The van der Waals surface area contributed by atoms with Crippen LogP contribution in [0.3, 0.4) is 0 Å². The topological polar surface area (TPSA) is 142 Å². The van der Waals surface area contributed by atoms with E-state index >= 15 is 0 Å². The first-order valence-electron chi connectivity index (χ1n) is 7.78. The van der Waals surface area contributed by atoms with Gasteiger partial charge in [-0.15, -0.1) is 0 Å². The Morgan fingerprint density at radius 2 is 1.92 bits per heavy atom. The zero-order valence-electron chi connectivity index (χ0n) is 13.7. The molecular formula is C17H14N6O3. The molecule has 0 unspecified atom stereocenters. The van der Waals surface area contributed by atoms with Crippen molar-refractivity contribution in [2.75, 3.05) is 36.9 Å². The summed E-state index contributed by atoms with van der Waals surface area (Å²) in [6.07, 6.45) is 0. The van der Waals surface area contributed by atoms with Gasteiger partial charge < -0.3 is 15.4 Å². The highest BCUT2D eigenvalue weighted by molar-refractivity contribution is 5.82. The van der Waals surface area contributed by atoms with Crippen molar-refractivity contribution in [2.24, 2.45) is 0 Å². The third kappa shape index (κ3) is 2.99. The Bertz CT molecular complexity index is 954. The third-order valence-corrected chi connectivity index (χ3v) is 4.08. The lowest BCUT2D eigenvalue weighted by atomic mass is 10.0. The smallest absolute Gasteiger partial charge is 0.270 e. The van der Waals surface area contributed by atoms with E-state index in [2.05, 4.69) is 4.98 Å². The Morgan fingerprint density at radius 3 is 2.54 bits per heavy atom. The number of aromatic nitrogens is 1. The second-order valence-corrected chi connectivity index (χ2v) is 5.58. The van der Waals surface area contributed by atoms with E-state index in [4.69, 9.17) is 10.5 Å². The summed E-state index contributed by atoms with van der Waals surface area (Å²) >= 11 is 0. The zero-order chi connectivity index (χ0) is 18.7. The molecule has 130 valence electrons. The van der Waals surface area contributed by atoms with E-state index in [1.54, 1.807) is 6.07 Å². The summed E-state index contributed by atoms with van der Waals surface area (Å²) in [4.78, 5) is 16.9. The van der Waals surface area contributed by atoms with Crippen LogP contribution in [0.4, 0.5) is 17.2 Å². The number of nitro benzene ring substituents is 1. The molecule has 1 aromatic heterocycles. The molecule has 0 radical (unpaired) electrons. The standard InChI is InChI=1S/C17H14N6O3/c18-9-13-15(20)14(10-19)17(22-4-6-26-7-5-22)21-16(13)11-2-1-3-12(8-11)23(24)25/h1-3,8H,4-7H2,(H2,20,21). The number of anilines is 2. The number of pyridine rings is 1. The van der Waals surface area contributed by atoms with Gasteiger partial charge in [0.2, 0.25) is 0 Å². The van der Waals surface area contributed by atoms with Gasteiger partial charge >= 0.3 is 0 Å². The molecule has 9 heteroatoms. The molecule has 0 saturated carbocycles. The number of benzene rings is 1. The summed E-state index contributed by atoms with van der Waals surface area (Å²) in [7, 11) is 0. The molecule has 1 fully saturated rings. The van der Waals surface area contributed by atoms with Gasteiger partial charge in [0, 0.05) is 30.8 Å². The molecule has 0 amide bonds. The van der Waals surface area contributed by atoms with Gasteiger partial charge in [-0.25, -0.2) is 4.98 Å². The van der Waals surface area contributed by atoms with Gasteiger partial charge in [0.15, 0.2) is 0 Å². The second kappa shape index (κ2) is 7.05. The normalized spacial score (nSPS) is 13.7. The molecular weight excluding hydrogens is 336 g/mol. The first-order chi connectivity index (χ1) is 12.6. The Kier molecular flexibility index (Phi) is 4.65. The maximum absolute atomic E-state index is 11.1. The molecule has 0 aliphatic carbocycles. The van der Waals surface area contributed by atoms with Crippen LogP contribution in [-0.4, -0.2) is 36.2 Å². The first-order valence-corrected chi connectivity index (χ1v) is 7.78. The Hall–Kier alpha value is -3.69. The van der Waals surface area contributed by atoms with E-state index in [9.17, 15) is 20.6 Å². The summed E-state index contributed by atoms with van der Waals surface area (Å²) < 4.78 is 5.32. The number of hydrogen-bond acceptors (Lipinski definition) is 8. The van der Waals surface area contributed by atoms with Gasteiger partial charge in [-0.2, -0.15) is 10.5 Å². The summed E-state index contributed by atoms with van der Waals surface area (Å²) in [6, 6.07) is 9.79. The number of nitrogens with two attached hydrogens (primary N) is 1. The van der Waals surface area contributed by atoms with E-state index in [1.165, 1.54) is 18.2 Å². The van der Waals surface area contributed by atoms with Crippen LogP contribution < -0.4 is 10.6 Å². The van der Waals surface area contributed by atoms with Crippen LogP contribution in [0.5, 0.6) is 0 Å². The minimum Gasteiger partial charge on any atom is -0.396 e. The lowest BCUT2D eigenvalue weighted by Gasteiger charge is -2.29. The molecule has 2 heterocycles. The number of nitriles is 2. The largest absolute Gasteiger partial charge is 0.396 e. The van der Waals surface area contributed by atoms with Crippen LogP contribution in [0, 0.1) is 32.8 Å². The SMILES string of the molecule is N#Cc1c(-c2cccc([N+](=O)[O-])c2)nc(N2CCOCC2)c(C#N)c1N. The van der Waals surface area contributed by atoms with Crippen LogP contribution in [0.25, 0.3) is 11.3 Å². The number of nitrogens with zero attached hydrogens (tertiary/aromatic N) is 5. The van der Waals surface area contributed by atoms with E-state index < -0.39 is 4.92 Å². The van der Waals surface area contributed by atoms with E-state index in [0.29, 0.717) is 37.7 Å². The average molecular weight is 350 g/mol. The van der Waals surface area contributed by atoms with Gasteiger partial charge in [-0.1, -0.05) is 12.1 Å². The van der Waals surface area contributed by atoms with Crippen molar-refractivity contribution in [3.8, 4) is 23.4 Å². The first kappa shape index (κ1) is 17.1. The van der Waals surface area contributed by atoms with Gasteiger partial charge in [0.25, 0.3) is 5.69 Å². The molecule has 1 aromatic carbocycles. The van der Waals surface area contributed by atoms with Crippen molar-refractivity contribution in [1.82, 2.24) is 4.98 Å². The molecule has 0 bridgehead atoms.